The second-order valence-corrected chi connectivity index (χ2v) is 6.63. The van der Waals surface area contributed by atoms with Crippen LogP contribution < -0.4 is 10.3 Å². The topological polar surface area (TPSA) is 44.1 Å². The second kappa shape index (κ2) is 7.83. The first-order chi connectivity index (χ1) is 14.0. The van der Waals surface area contributed by atoms with E-state index in [9.17, 15) is 13.6 Å². The van der Waals surface area contributed by atoms with E-state index in [0.717, 1.165) is 6.07 Å². The fourth-order valence-corrected chi connectivity index (χ4v) is 3.25. The minimum absolute atomic E-state index is 0.0983. The van der Waals surface area contributed by atoms with Crippen LogP contribution in [0.4, 0.5) is 8.78 Å². The van der Waals surface area contributed by atoms with E-state index in [0.29, 0.717) is 40.1 Å². The normalized spacial score (nSPS) is 11.0. The summed E-state index contributed by atoms with van der Waals surface area (Å²) in [6, 6.07) is 17.6. The first-order valence-corrected chi connectivity index (χ1v) is 9.17. The fraction of sp³-hybridized carbons (Fsp3) is 0.130. The number of aromatic nitrogens is 2. The molecule has 0 aliphatic carbocycles. The SMILES string of the molecule is Cc1nc2ccccc2c(=O)n1CCOc1ccc(-c2ccc(F)cc2F)cc1. The highest BCUT2D eigenvalue weighted by atomic mass is 19.1. The largest absolute Gasteiger partial charge is 0.492 e. The lowest BCUT2D eigenvalue weighted by atomic mass is 10.1. The molecular weight excluding hydrogens is 374 g/mol. The van der Waals surface area contributed by atoms with Gasteiger partial charge in [0.15, 0.2) is 0 Å². The van der Waals surface area contributed by atoms with Gasteiger partial charge in [0, 0.05) is 11.6 Å². The molecule has 6 heteroatoms. The molecule has 0 bridgehead atoms. The highest BCUT2D eigenvalue weighted by Crippen LogP contribution is 2.25. The molecule has 0 unspecified atom stereocenters. The van der Waals surface area contributed by atoms with Crippen molar-refractivity contribution >= 4 is 10.9 Å². The number of hydrogen-bond donors (Lipinski definition) is 0. The third-order valence-electron chi connectivity index (χ3n) is 4.73. The Morgan fingerprint density at radius 2 is 1.76 bits per heavy atom. The standard InChI is InChI=1S/C23H18F2N2O2/c1-15-26-22-5-3-2-4-20(22)23(28)27(15)12-13-29-18-9-6-16(7-10-18)19-11-8-17(24)14-21(19)25/h2-11,14H,12-13H2,1H3. The molecule has 0 atom stereocenters. The zero-order chi connectivity index (χ0) is 20.4. The van der Waals surface area contributed by atoms with Crippen LogP contribution in [0.15, 0.2) is 71.5 Å². The third kappa shape index (κ3) is 3.87. The molecule has 0 N–H and O–H groups in total. The lowest BCUT2D eigenvalue weighted by Crippen LogP contribution is -2.26. The van der Waals surface area contributed by atoms with Gasteiger partial charge in [0.1, 0.15) is 29.8 Å². The summed E-state index contributed by atoms with van der Waals surface area (Å²) in [6.45, 7) is 2.43. The Bertz CT molecular complexity index is 1230. The Kier molecular flexibility index (Phi) is 5.08. The molecule has 4 rings (SSSR count). The Morgan fingerprint density at radius 3 is 2.52 bits per heavy atom. The van der Waals surface area contributed by atoms with Gasteiger partial charge in [-0.05, 0) is 48.9 Å². The molecule has 0 amide bonds. The number of para-hydroxylation sites is 1. The van der Waals surface area contributed by atoms with E-state index in [4.69, 9.17) is 4.74 Å². The van der Waals surface area contributed by atoms with Crippen LogP contribution in [-0.4, -0.2) is 16.2 Å². The number of fused-ring (bicyclic) bond motifs is 1. The lowest BCUT2D eigenvalue weighted by molar-refractivity contribution is 0.294. The molecule has 1 aromatic heterocycles. The minimum Gasteiger partial charge on any atom is -0.492 e. The summed E-state index contributed by atoms with van der Waals surface area (Å²) in [5, 5.41) is 0.573. The van der Waals surface area contributed by atoms with Crippen molar-refractivity contribution in [1.82, 2.24) is 9.55 Å². The molecule has 0 saturated carbocycles. The lowest BCUT2D eigenvalue weighted by Gasteiger charge is -2.12. The number of aryl methyl sites for hydroxylation is 1. The van der Waals surface area contributed by atoms with Crippen molar-refractivity contribution in [2.75, 3.05) is 6.61 Å². The van der Waals surface area contributed by atoms with E-state index in [1.807, 2.05) is 18.2 Å². The van der Waals surface area contributed by atoms with Crippen LogP contribution in [-0.2, 0) is 6.54 Å². The summed E-state index contributed by atoms with van der Waals surface area (Å²) in [6.07, 6.45) is 0. The smallest absolute Gasteiger partial charge is 0.261 e. The van der Waals surface area contributed by atoms with Crippen LogP contribution in [0.1, 0.15) is 5.82 Å². The fourth-order valence-electron chi connectivity index (χ4n) is 3.25. The van der Waals surface area contributed by atoms with Gasteiger partial charge in [0.05, 0.1) is 17.4 Å². The molecule has 0 saturated heterocycles. The number of nitrogens with zero attached hydrogens (tertiary/aromatic N) is 2. The zero-order valence-electron chi connectivity index (χ0n) is 15.7. The van der Waals surface area contributed by atoms with Gasteiger partial charge >= 0.3 is 0 Å². The third-order valence-corrected chi connectivity index (χ3v) is 4.73. The van der Waals surface area contributed by atoms with Crippen LogP contribution in [0.3, 0.4) is 0 Å². The van der Waals surface area contributed by atoms with E-state index in [1.54, 1.807) is 41.8 Å². The molecule has 3 aromatic carbocycles. The average molecular weight is 392 g/mol. The van der Waals surface area contributed by atoms with Crippen molar-refractivity contribution in [3.05, 3.63) is 94.5 Å². The van der Waals surface area contributed by atoms with Crippen LogP contribution in [0.5, 0.6) is 5.75 Å². The predicted octanol–water partition coefficient (Wildman–Crippen LogP) is 4.73. The Morgan fingerprint density at radius 1 is 1.00 bits per heavy atom. The molecular formula is C23H18F2N2O2. The maximum atomic E-state index is 13.9. The summed E-state index contributed by atoms with van der Waals surface area (Å²) >= 11 is 0. The molecule has 4 nitrogen and oxygen atoms in total. The Hall–Kier alpha value is -3.54. The first-order valence-electron chi connectivity index (χ1n) is 9.17. The van der Waals surface area contributed by atoms with Crippen molar-refractivity contribution in [3.8, 4) is 16.9 Å². The van der Waals surface area contributed by atoms with Gasteiger partial charge in [-0.2, -0.15) is 0 Å². The Labute approximate surface area is 166 Å². The maximum absolute atomic E-state index is 13.9. The molecule has 0 spiro atoms. The molecule has 146 valence electrons. The summed E-state index contributed by atoms with van der Waals surface area (Å²) in [4.78, 5) is 17.1. The molecule has 4 aromatic rings. The predicted molar refractivity (Wildman–Crippen MR) is 108 cm³/mol. The molecule has 29 heavy (non-hydrogen) atoms. The van der Waals surface area contributed by atoms with Crippen molar-refractivity contribution in [3.63, 3.8) is 0 Å². The van der Waals surface area contributed by atoms with Gasteiger partial charge in [0.25, 0.3) is 5.56 Å². The van der Waals surface area contributed by atoms with E-state index >= 15 is 0 Å². The van der Waals surface area contributed by atoms with Crippen molar-refractivity contribution in [2.24, 2.45) is 0 Å². The van der Waals surface area contributed by atoms with Crippen LogP contribution >= 0.6 is 0 Å². The zero-order valence-corrected chi connectivity index (χ0v) is 15.7. The van der Waals surface area contributed by atoms with Crippen molar-refractivity contribution in [2.45, 2.75) is 13.5 Å². The summed E-state index contributed by atoms with van der Waals surface area (Å²) < 4.78 is 34.3. The molecule has 0 aliphatic rings. The monoisotopic (exact) mass is 392 g/mol. The maximum Gasteiger partial charge on any atom is 0.261 e. The number of benzene rings is 3. The van der Waals surface area contributed by atoms with Gasteiger partial charge in [-0.15, -0.1) is 0 Å². The van der Waals surface area contributed by atoms with E-state index < -0.39 is 11.6 Å². The molecule has 0 fully saturated rings. The van der Waals surface area contributed by atoms with Gasteiger partial charge < -0.3 is 4.74 Å². The van der Waals surface area contributed by atoms with E-state index in [1.165, 1.54) is 12.1 Å². The first kappa shape index (κ1) is 18.8. The molecule has 0 aliphatic heterocycles. The number of rotatable bonds is 5. The van der Waals surface area contributed by atoms with E-state index in [2.05, 4.69) is 4.98 Å². The second-order valence-electron chi connectivity index (χ2n) is 6.63. The number of halogens is 2. The van der Waals surface area contributed by atoms with Gasteiger partial charge in [0.2, 0.25) is 0 Å². The van der Waals surface area contributed by atoms with Crippen LogP contribution in [0.25, 0.3) is 22.0 Å². The summed E-state index contributed by atoms with van der Waals surface area (Å²) in [7, 11) is 0. The van der Waals surface area contributed by atoms with Gasteiger partial charge in [-0.25, -0.2) is 13.8 Å². The average Bonchev–Trinajstić information content (AvgIpc) is 2.71. The van der Waals surface area contributed by atoms with Crippen molar-refractivity contribution in [1.29, 1.82) is 0 Å². The molecule has 1 heterocycles. The highest BCUT2D eigenvalue weighted by Gasteiger charge is 2.09. The summed E-state index contributed by atoms with van der Waals surface area (Å²) in [5.41, 5.74) is 1.53. The quantitative estimate of drug-likeness (QED) is 0.493. The molecule has 0 radical (unpaired) electrons. The van der Waals surface area contributed by atoms with Crippen molar-refractivity contribution < 1.29 is 13.5 Å². The number of ether oxygens (including phenoxy) is 1. The summed E-state index contributed by atoms with van der Waals surface area (Å²) in [5.74, 6) is -0.00704. The van der Waals surface area contributed by atoms with Crippen LogP contribution in [0.2, 0.25) is 0 Å². The van der Waals surface area contributed by atoms with E-state index in [-0.39, 0.29) is 12.2 Å². The minimum atomic E-state index is -0.614. The van der Waals surface area contributed by atoms with Gasteiger partial charge in [-0.3, -0.25) is 9.36 Å². The van der Waals surface area contributed by atoms with Crippen LogP contribution in [0, 0.1) is 18.6 Å². The number of hydrogen-bond acceptors (Lipinski definition) is 3. The van der Waals surface area contributed by atoms with Gasteiger partial charge in [-0.1, -0.05) is 24.3 Å². The highest BCUT2D eigenvalue weighted by molar-refractivity contribution is 5.77. The Balaban J connectivity index is 1.46.